The van der Waals surface area contributed by atoms with Gasteiger partial charge >= 0.3 is 5.97 Å². The molecule has 0 saturated heterocycles. The summed E-state index contributed by atoms with van der Waals surface area (Å²) in [5.74, 6) is -0.455. The van der Waals surface area contributed by atoms with Crippen LogP contribution in [0.25, 0.3) is 0 Å². The molecule has 0 spiro atoms. The molecule has 0 fully saturated rings. The molecule has 0 atom stereocenters. The zero-order chi connectivity index (χ0) is 23.0. The van der Waals surface area contributed by atoms with Crippen LogP contribution in [-0.2, 0) is 35.5 Å². The summed E-state index contributed by atoms with van der Waals surface area (Å²) >= 11 is 1.53. The van der Waals surface area contributed by atoms with E-state index in [-0.39, 0.29) is 18.4 Å². The Morgan fingerprint density at radius 3 is 2.15 bits per heavy atom. The Morgan fingerprint density at radius 2 is 1.55 bits per heavy atom. The van der Waals surface area contributed by atoms with E-state index in [9.17, 15) is 9.59 Å². The maximum atomic E-state index is 13.2. The van der Waals surface area contributed by atoms with E-state index in [1.54, 1.807) is 6.92 Å². The van der Waals surface area contributed by atoms with Crippen LogP contribution in [0.2, 0.25) is 0 Å². The van der Waals surface area contributed by atoms with Crippen LogP contribution in [0.15, 0.2) is 60.7 Å². The Bertz CT molecular complexity index is 1040. The van der Waals surface area contributed by atoms with E-state index in [0.29, 0.717) is 30.3 Å². The number of thiophene rings is 1. The normalized spacial score (nSPS) is 12.9. The maximum Gasteiger partial charge on any atom is 0.341 e. The van der Waals surface area contributed by atoms with Gasteiger partial charge in [0.2, 0.25) is 5.91 Å². The first kappa shape index (κ1) is 23.2. The van der Waals surface area contributed by atoms with Crippen LogP contribution in [0.5, 0.6) is 0 Å². The first-order valence-electron chi connectivity index (χ1n) is 11.6. The van der Waals surface area contributed by atoms with Gasteiger partial charge in [-0.25, -0.2) is 4.79 Å². The molecule has 1 N–H and O–H groups in total. The molecule has 0 unspecified atom stereocenters. The highest BCUT2D eigenvalue weighted by Gasteiger charge is 2.27. The number of nitrogens with zero attached hydrogens (tertiary/aromatic N) is 1. The van der Waals surface area contributed by atoms with E-state index >= 15 is 0 Å². The topological polar surface area (TPSA) is 58.6 Å². The molecule has 1 aliphatic rings. The summed E-state index contributed by atoms with van der Waals surface area (Å²) < 4.78 is 5.32. The van der Waals surface area contributed by atoms with Crippen molar-refractivity contribution in [2.45, 2.75) is 45.7 Å². The fourth-order valence-electron chi connectivity index (χ4n) is 4.29. The van der Waals surface area contributed by atoms with Crippen molar-refractivity contribution < 1.29 is 14.3 Å². The van der Waals surface area contributed by atoms with E-state index < -0.39 is 0 Å². The maximum absolute atomic E-state index is 13.2. The minimum Gasteiger partial charge on any atom is -0.462 e. The number of anilines is 1. The van der Waals surface area contributed by atoms with Gasteiger partial charge in [-0.2, -0.15) is 0 Å². The number of ether oxygens (including phenoxy) is 1. The van der Waals surface area contributed by atoms with Crippen LogP contribution in [-0.4, -0.2) is 29.9 Å². The number of rotatable bonds is 9. The summed E-state index contributed by atoms with van der Waals surface area (Å²) in [6, 6.07) is 20.3. The fourth-order valence-corrected chi connectivity index (χ4v) is 5.59. The zero-order valence-electron chi connectivity index (χ0n) is 19.0. The van der Waals surface area contributed by atoms with Gasteiger partial charge < -0.3 is 10.1 Å². The molecular formula is C27H30N2O3S. The largest absolute Gasteiger partial charge is 0.462 e. The minimum atomic E-state index is -0.336. The summed E-state index contributed by atoms with van der Waals surface area (Å²) in [6.45, 7) is 3.68. The lowest BCUT2D eigenvalue weighted by Crippen LogP contribution is -2.32. The summed E-state index contributed by atoms with van der Waals surface area (Å²) in [5, 5.41) is 3.68. The van der Waals surface area contributed by atoms with Gasteiger partial charge in [-0.05, 0) is 49.3 Å². The summed E-state index contributed by atoms with van der Waals surface area (Å²) in [7, 11) is 0. The molecule has 0 radical (unpaired) electrons. The second-order valence-electron chi connectivity index (χ2n) is 8.30. The predicted molar refractivity (Wildman–Crippen MR) is 133 cm³/mol. The monoisotopic (exact) mass is 462 g/mol. The average molecular weight is 463 g/mol. The molecular weight excluding hydrogens is 432 g/mol. The van der Waals surface area contributed by atoms with Crippen molar-refractivity contribution in [2.24, 2.45) is 0 Å². The van der Waals surface area contributed by atoms with Gasteiger partial charge in [0.15, 0.2) is 0 Å². The highest BCUT2D eigenvalue weighted by atomic mass is 32.1. The van der Waals surface area contributed by atoms with Crippen molar-refractivity contribution >= 4 is 28.2 Å². The highest BCUT2D eigenvalue weighted by Crippen LogP contribution is 2.38. The van der Waals surface area contributed by atoms with E-state index in [1.165, 1.54) is 16.2 Å². The van der Waals surface area contributed by atoms with Gasteiger partial charge in [0.05, 0.1) is 18.7 Å². The third kappa shape index (κ3) is 6.09. The number of nitrogens with one attached hydrogen (secondary N) is 1. The van der Waals surface area contributed by atoms with E-state index in [1.807, 2.05) is 36.4 Å². The number of aryl methyl sites for hydroxylation is 1. The standard InChI is InChI=1S/C27H30N2O3S/c1-2-32-27(31)25-22-15-9-10-16-23(22)33-26(25)28-24(30)19-29(17-20-11-5-3-6-12-20)18-21-13-7-4-8-14-21/h3-8,11-14H,2,9-10,15-19H2,1H3,(H,28,30). The first-order valence-corrected chi connectivity index (χ1v) is 12.4. The highest BCUT2D eigenvalue weighted by molar-refractivity contribution is 7.17. The fraction of sp³-hybridized carbons (Fsp3) is 0.333. The van der Waals surface area contributed by atoms with Crippen molar-refractivity contribution in [3.05, 3.63) is 87.8 Å². The molecule has 3 aromatic rings. The molecule has 1 heterocycles. The Morgan fingerprint density at radius 1 is 0.939 bits per heavy atom. The number of amides is 1. The molecule has 0 bridgehead atoms. The lowest BCUT2D eigenvalue weighted by Gasteiger charge is -2.22. The molecule has 172 valence electrons. The molecule has 5 nitrogen and oxygen atoms in total. The van der Waals surface area contributed by atoms with Gasteiger partial charge in [-0.3, -0.25) is 9.69 Å². The quantitative estimate of drug-likeness (QED) is 0.430. The van der Waals surface area contributed by atoms with Crippen LogP contribution < -0.4 is 5.32 Å². The Balaban J connectivity index is 1.52. The third-order valence-electron chi connectivity index (χ3n) is 5.77. The van der Waals surface area contributed by atoms with Crippen molar-refractivity contribution in [1.29, 1.82) is 0 Å². The summed E-state index contributed by atoms with van der Waals surface area (Å²) in [6.07, 6.45) is 4.00. The molecule has 33 heavy (non-hydrogen) atoms. The average Bonchev–Trinajstić information content (AvgIpc) is 3.18. The second-order valence-corrected chi connectivity index (χ2v) is 9.41. The molecule has 0 aliphatic heterocycles. The molecule has 6 heteroatoms. The number of benzene rings is 2. The summed E-state index contributed by atoms with van der Waals surface area (Å²) in [5.41, 5.74) is 3.92. The van der Waals surface area contributed by atoms with Crippen molar-refractivity contribution in [3.63, 3.8) is 0 Å². The van der Waals surface area contributed by atoms with Gasteiger partial charge in [-0.1, -0.05) is 60.7 Å². The second kappa shape index (κ2) is 11.3. The molecule has 0 saturated carbocycles. The van der Waals surface area contributed by atoms with Gasteiger partial charge in [0, 0.05) is 18.0 Å². The van der Waals surface area contributed by atoms with Gasteiger partial charge in [-0.15, -0.1) is 11.3 Å². The van der Waals surface area contributed by atoms with Crippen LogP contribution >= 0.6 is 11.3 Å². The Labute approximate surface area is 199 Å². The number of carbonyl (C=O) groups is 2. The number of fused-ring (bicyclic) bond motifs is 1. The smallest absolute Gasteiger partial charge is 0.341 e. The van der Waals surface area contributed by atoms with E-state index in [4.69, 9.17) is 4.74 Å². The van der Waals surface area contributed by atoms with Crippen LogP contribution in [0.3, 0.4) is 0 Å². The van der Waals surface area contributed by atoms with Crippen molar-refractivity contribution in [1.82, 2.24) is 4.90 Å². The number of carbonyl (C=O) groups excluding carboxylic acids is 2. The zero-order valence-corrected chi connectivity index (χ0v) is 19.8. The Hall–Kier alpha value is -2.96. The van der Waals surface area contributed by atoms with E-state index in [2.05, 4.69) is 34.5 Å². The van der Waals surface area contributed by atoms with Gasteiger partial charge in [0.1, 0.15) is 5.00 Å². The first-order chi connectivity index (χ1) is 16.1. The van der Waals surface area contributed by atoms with E-state index in [0.717, 1.165) is 42.4 Å². The van der Waals surface area contributed by atoms with Crippen molar-refractivity contribution in [3.8, 4) is 0 Å². The molecule has 2 aromatic carbocycles. The molecule has 1 aliphatic carbocycles. The minimum absolute atomic E-state index is 0.119. The van der Waals surface area contributed by atoms with Gasteiger partial charge in [0.25, 0.3) is 0 Å². The Kier molecular flexibility index (Phi) is 7.92. The predicted octanol–water partition coefficient (Wildman–Crippen LogP) is 5.44. The van der Waals surface area contributed by atoms with Crippen LogP contribution in [0, 0.1) is 0 Å². The van der Waals surface area contributed by atoms with Crippen LogP contribution in [0.4, 0.5) is 5.00 Å². The molecule has 4 rings (SSSR count). The lowest BCUT2D eigenvalue weighted by molar-refractivity contribution is -0.117. The number of esters is 1. The number of hydrogen-bond acceptors (Lipinski definition) is 5. The SMILES string of the molecule is CCOC(=O)c1c(NC(=O)CN(Cc2ccccc2)Cc2ccccc2)sc2c1CCCC2. The third-order valence-corrected chi connectivity index (χ3v) is 6.98. The lowest BCUT2D eigenvalue weighted by atomic mass is 9.95. The molecule has 1 aromatic heterocycles. The van der Waals surface area contributed by atoms with Crippen LogP contribution in [0.1, 0.15) is 51.7 Å². The summed E-state index contributed by atoms with van der Waals surface area (Å²) in [4.78, 5) is 29.2. The van der Waals surface area contributed by atoms with Crippen molar-refractivity contribution in [2.75, 3.05) is 18.5 Å². The molecule has 1 amide bonds. The number of hydrogen-bond donors (Lipinski definition) is 1.